The molecular weight excluding hydrogens is 200 g/mol. The average Bonchev–Trinajstić information content (AvgIpc) is 2.27. The first-order valence-corrected chi connectivity index (χ1v) is 5.72. The molecule has 2 heteroatoms. The second-order valence-corrected chi connectivity index (χ2v) is 4.00. The fraction of sp³-hybridized carbons (Fsp3) is 0.429. The highest BCUT2D eigenvalue weighted by atomic mass is 16.1. The van der Waals surface area contributed by atoms with Crippen molar-refractivity contribution in [3.8, 4) is 0 Å². The minimum atomic E-state index is -0.0750. The van der Waals surface area contributed by atoms with Gasteiger partial charge in [0.1, 0.15) is 5.78 Å². The number of Topliss-reactive ketones (excluding diaryl/α,β-unsaturated/α-hetero) is 2. The van der Waals surface area contributed by atoms with Gasteiger partial charge in [0.25, 0.3) is 0 Å². The fourth-order valence-electron chi connectivity index (χ4n) is 1.73. The average molecular weight is 218 g/mol. The van der Waals surface area contributed by atoms with E-state index in [1.54, 1.807) is 0 Å². The van der Waals surface area contributed by atoms with E-state index in [0.29, 0.717) is 0 Å². The van der Waals surface area contributed by atoms with Gasteiger partial charge in [0.15, 0.2) is 5.78 Å². The van der Waals surface area contributed by atoms with Crippen molar-refractivity contribution in [1.82, 2.24) is 0 Å². The van der Waals surface area contributed by atoms with Crippen molar-refractivity contribution in [2.45, 2.75) is 40.0 Å². The van der Waals surface area contributed by atoms with Gasteiger partial charge in [0.2, 0.25) is 0 Å². The van der Waals surface area contributed by atoms with Crippen LogP contribution in [0.3, 0.4) is 0 Å². The van der Waals surface area contributed by atoms with Gasteiger partial charge in [-0.15, -0.1) is 0 Å². The SMILES string of the molecule is CCc1ccc(CC)c(C(=O)CC(C)=O)c1. The van der Waals surface area contributed by atoms with Crippen molar-refractivity contribution in [3.63, 3.8) is 0 Å². The molecule has 0 aliphatic heterocycles. The number of benzene rings is 1. The van der Waals surface area contributed by atoms with Crippen LogP contribution < -0.4 is 0 Å². The van der Waals surface area contributed by atoms with E-state index in [-0.39, 0.29) is 18.0 Å². The maximum atomic E-state index is 11.9. The Kier molecular flexibility index (Phi) is 4.41. The van der Waals surface area contributed by atoms with Gasteiger partial charge in [-0.1, -0.05) is 26.0 Å². The Hall–Kier alpha value is -1.44. The largest absolute Gasteiger partial charge is 0.300 e. The molecule has 0 aromatic heterocycles. The fourth-order valence-corrected chi connectivity index (χ4v) is 1.73. The second-order valence-electron chi connectivity index (χ2n) is 4.00. The van der Waals surface area contributed by atoms with Gasteiger partial charge in [-0.2, -0.15) is 0 Å². The molecule has 0 spiro atoms. The van der Waals surface area contributed by atoms with Crippen molar-refractivity contribution in [1.29, 1.82) is 0 Å². The summed E-state index contributed by atoms with van der Waals surface area (Å²) in [5.74, 6) is -0.131. The predicted octanol–water partition coefficient (Wildman–Crippen LogP) is 2.97. The quantitative estimate of drug-likeness (QED) is 0.562. The van der Waals surface area contributed by atoms with Gasteiger partial charge >= 0.3 is 0 Å². The molecule has 1 rings (SSSR count). The monoisotopic (exact) mass is 218 g/mol. The van der Waals surface area contributed by atoms with Gasteiger partial charge in [-0.05, 0) is 37.0 Å². The summed E-state index contributed by atoms with van der Waals surface area (Å²) >= 11 is 0. The Labute approximate surface area is 96.7 Å². The molecular formula is C14H18O2. The molecule has 0 N–H and O–H groups in total. The molecule has 0 saturated carbocycles. The molecule has 2 nitrogen and oxygen atoms in total. The number of hydrogen-bond donors (Lipinski definition) is 0. The summed E-state index contributed by atoms with van der Waals surface area (Å²) in [6, 6.07) is 5.96. The number of rotatable bonds is 5. The van der Waals surface area contributed by atoms with E-state index in [4.69, 9.17) is 0 Å². The van der Waals surface area contributed by atoms with Crippen LogP contribution in [0.4, 0.5) is 0 Å². The van der Waals surface area contributed by atoms with Crippen molar-refractivity contribution >= 4 is 11.6 Å². The molecule has 0 aliphatic rings. The lowest BCUT2D eigenvalue weighted by molar-refractivity contribution is -0.116. The van der Waals surface area contributed by atoms with Crippen molar-refractivity contribution < 1.29 is 9.59 Å². The van der Waals surface area contributed by atoms with E-state index in [0.717, 1.165) is 29.5 Å². The molecule has 1 aromatic carbocycles. The number of carbonyl (C=O) groups is 2. The third kappa shape index (κ3) is 3.02. The summed E-state index contributed by atoms with van der Waals surface area (Å²) in [7, 11) is 0. The van der Waals surface area contributed by atoms with Crippen LogP contribution in [0.1, 0.15) is 48.7 Å². The molecule has 0 aliphatic carbocycles. The molecule has 0 fully saturated rings. The maximum absolute atomic E-state index is 11.9. The molecule has 86 valence electrons. The lowest BCUT2D eigenvalue weighted by atomic mass is 9.96. The van der Waals surface area contributed by atoms with Gasteiger partial charge in [-0.25, -0.2) is 0 Å². The van der Waals surface area contributed by atoms with E-state index < -0.39 is 0 Å². The van der Waals surface area contributed by atoms with Crippen LogP contribution in [-0.2, 0) is 17.6 Å². The zero-order chi connectivity index (χ0) is 12.1. The van der Waals surface area contributed by atoms with E-state index >= 15 is 0 Å². The summed E-state index contributed by atoms with van der Waals surface area (Å²) in [6.45, 7) is 5.53. The Morgan fingerprint density at radius 2 is 1.81 bits per heavy atom. The summed E-state index contributed by atoms with van der Waals surface area (Å²) in [6.07, 6.45) is 1.74. The molecule has 0 amide bonds. The molecule has 0 radical (unpaired) electrons. The maximum Gasteiger partial charge on any atom is 0.170 e. The summed E-state index contributed by atoms with van der Waals surface area (Å²) in [5, 5.41) is 0. The van der Waals surface area contributed by atoms with E-state index in [1.165, 1.54) is 6.92 Å². The Bertz CT molecular complexity index is 405. The highest BCUT2D eigenvalue weighted by Crippen LogP contribution is 2.15. The Morgan fingerprint density at radius 3 is 2.31 bits per heavy atom. The van der Waals surface area contributed by atoms with Crippen molar-refractivity contribution in [3.05, 3.63) is 34.9 Å². The van der Waals surface area contributed by atoms with E-state index in [1.807, 2.05) is 25.1 Å². The van der Waals surface area contributed by atoms with Crippen molar-refractivity contribution in [2.24, 2.45) is 0 Å². The van der Waals surface area contributed by atoms with E-state index in [9.17, 15) is 9.59 Å². The van der Waals surface area contributed by atoms with Crippen molar-refractivity contribution in [2.75, 3.05) is 0 Å². The van der Waals surface area contributed by atoms with Crippen LogP contribution in [0.15, 0.2) is 18.2 Å². The highest BCUT2D eigenvalue weighted by Gasteiger charge is 2.12. The molecule has 0 saturated heterocycles. The molecule has 0 atom stereocenters. The standard InChI is InChI=1S/C14H18O2/c1-4-11-6-7-12(5-2)13(9-11)14(16)8-10(3)15/h6-7,9H,4-5,8H2,1-3H3. The molecule has 0 heterocycles. The van der Waals surface area contributed by atoms with Crippen LogP contribution in [0.2, 0.25) is 0 Å². The zero-order valence-electron chi connectivity index (χ0n) is 10.2. The number of carbonyl (C=O) groups excluding carboxylic acids is 2. The summed E-state index contributed by atoms with van der Waals surface area (Å²) < 4.78 is 0. The zero-order valence-corrected chi connectivity index (χ0v) is 10.2. The first-order valence-electron chi connectivity index (χ1n) is 5.72. The molecule has 0 unspecified atom stereocenters. The second kappa shape index (κ2) is 5.59. The summed E-state index contributed by atoms with van der Waals surface area (Å²) in [4.78, 5) is 22.8. The Morgan fingerprint density at radius 1 is 1.12 bits per heavy atom. The van der Waals surface area contributed by atoms with Crippen LogP contribution >= 0.6 is 0 Å². The van der Waals surface area contributed by atoms with E-state index in [2.05, 4.69) is 6.92 Å². The Balaban J connectivity index is 3.08. The predicted molar refractivity (Wildman–Crippen MR) is 64.8 cm³/mol. The number of aryl methyl sites for hydroxylation is 2. The summed E-state index contributed by atoms with van der Waals surface area (Å²) in [5.41, 5.74) is 2.89. The molecule has 16 heavy (non-hydrogen) atoms. The van der Waals surface area contributed by atoms with Gasteiger partial charge < -0.3 is 0 Å². The smallest absolute Gasteiger partial charge is 0.170 e. The third-order valence-corrected chi connectivity index (χ3v) is 2.67. The minimum Gasteiger partial charge on any atom is -0.300 e. The van der Waals surface area contributed by atoms with Gasteiger partial charge in [-0.3, -0.25) is 9.59 Å². The van der Waals surface area contributed by atoms with Gasteiger partial charge in [0, 0.05) is 5.56 Å². The molecule has 0 bridgehead atoms. The normalized spacial score (nSPS) is 10.2. The third-order valence-electron chi connectivity index (χ3n) is 2.67. The molecule has 1 aromatic rings. The lowest BCUT2D eigenvalue weighted by Gasteiger charge is -2.08. The number of ketones is 2. The van der Waals surface area contributed by atoms with Crippen LogP contribution in [0.25, 0.3) is 0 Å². The van der Waals surface area contributed by atoms with Crippen LogP contribution in [0.5, 0.6) is 0 Å². The topological polar surface area (TPSA) is 34.1 Å². The van der Waals surface area contributed by atoms with Gasteiger partial charge in [0.05, 0.1) is 6.42 Å². The highest BCUT2D eigenvalue weighted by molar-refractivity contribution is 6.08. The number of hydrogen-bond acceptors (Lipinski definition) is 2. The first-order chi connectivity index (χ1) is 7.58. The first kappa shape index (κ1) is 12.6. The van der Waals surface area contributed by atoms with Crippen LogP contribution in [-0.4, -0.2) is 11.6 Å². The lowest BCUT2D eigenvalue weighted by Crippen LogP contribution is -2.08. The van der Waals surface area contributed by atoms with Crippen LogP contribution in [0, 0.1) is 0 Å². The minimum absolute atomic E-state index is 0.0141.